The lowest BCUT2D eigenvalue weighted by Gasteiger charge is -2.40. The second-order valence-electron chi connectivity index (χ2n) is 4.42. The van der Waals surface area contributed by atoms with Crippen molar-refractivity contribution in [3.8, 4) is 0 Å². The molecule has 1 saturated carbocycles. The fourth-order valence-electron chi connectivity index (χ4n) is 2.24. The first-order chi connectivity index (χ1) is 7.12. The highest BCUT2D eigenvalue weighted by molar-refractivity contribution is 5.69. The summed E-state index contributed by atoms with van der Waals surface area (Å²) in [5, 5.41) is 8.92. The minimum absolute atomic E-state index is 0.183. The predicted molar refractivity (Wildman–Crippen MR) is 56.8 cm³/mol. The summed E-state index contributed by atoms with van der Waals surface area (Å²) in [4.78, 5) is 15.2. The summed E-state index contributed by atoms with van der Waals surface area (Å²) in [5.74, 6) is -0.724. The number of aromatic nitrogens is 1. The number of aliphatic carboxylic acids is 1. The van der Waals surface area contributed by atoms with Crippen molar-refractivity contribution in [3.63, 3.8) is 0 Å². The lowest BCUT2D eigenvalue weighted by molar-refractivity contribution is -0.139. The highest BCUT2D eigenvalue weighted by atomic mass is 16.4. The van der Waals surface area contributed by atoms with Crippen LogP contribution in [0.2, 0.25) is 0 Å². The van der Waals surface area contributed by atoms with Crippen LogP contribution in [-0.2, 0) is 10.2 Å². The highest BCUT2D eigenvalue weighted by Gasteiger charge is 2.41. The van der Waals surface area contributed by atoms with Crippen LogP contribution in [0.5, 0.6) is 0 Å². The maximum atomic E-state index is 10.8. The molecule has 0 atom stereocenters. The molecule has 0 unspecified atom stereocenters. The molecule has 1 fully saturated rings. The smallest absolute Gasteiger partial charge is 0.304 e. The van der Waals surface area contributed by atoms with Crippen LogP contribution in [0.4, 0.5) is 0 Å². The number of carbonyl (C=O) groups is 1. The molecule has 0 spiro atoms. The third-order valence-electron chi connectivity index (χ3n) is 3.26. The number of rotatable bonds is 3. The lowest BCUT2D eigenvalue weighted by atomic mass is 9.64. The molecule has 0 radical (unpaired) electrons. The Labute approximate surface area is 89.2 Å². The number of aryl methyl sites for hydroxylation is 1. The van der Waals surface area contributed by atoms with Gasteiger partial charge in [-0.2, -0.15) is 0 Å². The molecule has 1 heterocycles. The fraction of sp³-hybridized carbons (Fsp3) is 0.500. The Kier molecular flexibility index (Phi) is 2.47. The highest BCUT2D eigenvalue weighted by Crippen LogP contribution is 2.45. The largest absolute Gasteiger partial charge is 0.481 e. The number of carboxylic acid groups (broad SMARTS) is 1. The van der Waals surface area contributed by atoms with Crippen LogP contribution in [0, 0.1) is 6.92 Å². The normalized spacial score (nSPS) is 18.2. The van der Waals surface area contributed by atoms with E-state index in [2.05, 4.69) is 4.98 Å². The zero-order chi connectivity index (χ0) is 10.9. The van der Waals surface area contributed by atoms with E-state index in [4.69, 9.17) is 5.11 Å². The van der Waals surface area contributed by atoms with Gasteiger partial charge in [0, 0.05) is 17.3 Å². The molecule has 0 aliphatic heterocycles. The van der Waals surface area contributed by atoms with Gasteiger partial charge in [-0.1, -0.05) is 6.42 Å². The third kappa shape index (κ3) is 1.87. The van der Waals surface area contributed by atoms with E-state index in [1.807, 2.05) is 19.1 Å². The Hall–Kier alpha value is -1.38. The maximum absolute atomic E-state index is 10.8. The number of hydrogen-bond donors (Lipinski definition) is 1. The summed E-state index contributed by atoms with van der Waals surface area (Å²) in [5.41, 5.74) is 1.92. The van der Waals surface area contributed by atoms with Gasteiger partial charge in [0.15, 0.2) is 0 Å². The second-order valence-corrected chi connectivity index (χ2v) is 4.42. The van der Waals surface area contributed by atoms with Gasteiger partial charge < -0.3 is 5.11 Å². The lowest BCUT2D eigenvalue weighted by Crippen LogP contribution is -2.37. The van der Waals surface area contributed by atoms with Crippen LogP contribution in [0.15, 0.2) is 18.3 Å². The predicted octanol–water partition coefficient (Wildman–Crippen LogP) is 2.29. The van der Waals surface area contributed by atoms with Crippen molar-refractivity contribution in [2.75, 3.05) is 0 Å². The Morgan fingerprint density at radius 3 is 2.80 bits per heavy atom. The minimum Gasteiger partial charge on any atom is -0.481 e. The van der Waals surface area contributed by atoms with E-state index in [1.165, 1.54) is 0 Å². The van der Waals surface area contributed by atoms with Gasteiger partial charge in [-0.05, 0) is 37.5 Å². The molecular weight excluding hydrogens is 190 g/mol. The van der Waals surface area contributed by atoms with Crippen LogP contribution in [-0.4, -0.2) is 16.1 Å². The summed E-state index contributed by atoms with van der Waals surface area (Å²) in [6.45, 7) is 2.01. The molecule has 15 heavy (non-hydrogen) atoms. The van der Waals surface area contributed by atoms with Crippen LogP contribution in [0.25, 0.3) is 0 Å². The van der Waals surface area contributed by atoms with Gasteiger partial charge in [-0.3, -0.25) is 9.78 Å². The van der Waals surface area contributed by atoms with Gasteiger partial charge >= 0.3 is 5.97 Å². The summed E-state index contributed by atoms with van der Waals surface area (Å²) in [6.07, 6.45) is 5.00. The number of nitrogens with zero attached hydrogens (tertiary/aromatic N) is 1. The van der Waals surface area contributed by atoms with Crippen molar-refractivity contribution in [1.82, 2.24) is 4.98 Å². The van der Waals surface area contributed by atoms with Crippen molar-refractivity contribution in [3.05, 3.63) is 29.6 Å². The molecule has 80 valence electrons. The number of carboxylic acids is 1. The first-order valence-electron chi connectivity index (χ1n) is 5.27. The van der Waals surface area contributed by atoms with E-state index < -0.39 is 5.97 Å². The van der Waals surface area contributed by atoms with Gasteiger partial charge in [0.25, 0.3) is 0 Å². The molecule has 1 aliphatic carbocycles. The van der Waals surface area contributed by atoms with E-state index in [0.717, 1.165) is 30.5 Å². The summed E-state index contributed by atoms with van der Waals surface area (Å²) in [6, 6.07) is 3.96. The first-order valence-corrected chi connectivity index (χ1v) is 5.27. The van der Waals surface area contributed by atoms with Crippen LogP contribution in [0.1, 0.15) is 36.9 Å². The first kappa shape index (κ1) is 10.1. The van der Waals surface area contributed by atoms with E-state index in [-0.39, 0.29) is 11.8 Å². The molecule has 1 N–H and O–H groups in total. The van der Waals surface area contributed by atoms with Crippen molar-refractivity contribution in [2.24, 2.45) is 0 Å². The average molecular weight is 205 g/mol. The molecule has 0 amide bonds. The molecule has 3 nitrogen and oxygen atoms in total. The van der Waals surface area contributed by atoms with E-state index in [9.17, 15) is 4.79 Å². The van der Waals surface area contributed by atoms with Crippen molar-refractivity contribution < 1.29 is 9.90 Å². The van der Waals surface area contributed by atoms with Gasteiger partial charge in [-0.15, -0.1) is 0 Å². The van der Waals surface area contributed by atoms with Gasteiger partial charge in [0.05, 0.1) is 6.42 Å². The van der Waals surface area contributed by atoms with Crippen LogP contribution < -0.4 is 0 Å². The molecule has 3 heteroatoms. The number of pyridine rings is 1. The van der Waals surface area contributed by atoms with Gasteiger partial charge in [-0.25, -0.2) is 0 Å². The molecule has 0 aromatic carbocycles. The Morgan fingerprint density at radius 1 is 1.60 bits per heavy atom. The van der Waals surface area contributed by atoms with Crippen molar-refractivity contribution >= 4 is 5.97 Å². The monoisotopic (exact) mass is 205 g/mol. The quantitative estimate of drug-likeness (QED) is 0.823. The molecular formula is C12H15NO2. The molecule has 2 rings (SSSR count). The standard InChI is InChI=1S/C12H15NO2/c1-9-3-6-13-10(7-9)12(4-2-5-12)8-11(14)15/h3,6-7H,2,4-5,8H2,1H3,(H,14,15). The fourth-order valence-corrected chi connectivity index (χ4v) is 2.24. The zero-order valence-corrected chi connectivity index (χ0v) is 8.86. The van der Waals surface area contributed by atoms with E-state index in [0.29, 0.717) is 0 Å². The van der Waals surface area contributed by atoms with Crippen molar-refractivity contribution in [1.29, 1.82) is 0 Å². The average Bonchev–Trinajstić information content (AvgIpc) is 2.11. The van der Waals surface area contributed by atoms with Crippen LogP contribution >= 0.6 is 0 Å². The Bertz CT molecular complexity index is 383. The van der Waals surface area contributed by atoms with Gasteiger partial charge in [0.2, 0.25) is 0 Å². The van der Waals surface area contributed by atoms with Crippen molar-refractivity contribution in [2.45, 2.75) is 38.0 Å². The summed E-state index contributed by atoms with van der Waals surface area (Å²) in [7, 11) is 0. The summed E-state index contributed by atoms with van der Waals surface area (Å²) < 4.78 is 0. The SMILES string of the molecule is Cc1ccnc(C2(CC(=O)O)CCC2)c1. The Morgan fingerprint density at radius 2 is 2.33 bits per heavy atom. The third-order valence-corrected chi connectivity index (χ3v) is 3.26. The second kappa shape index (κ2) is 3.65. The minimum atomic E-state index is -0.724. The topological polar surface area (TPSA) is 50.2 Å². The zero-order valence-electron chi connectivity index (χ0n) is 8.86. The van der Waals surface area contributed by atoms with Gasteiger partial charge in [0.1, 0.15) is 0 Å². The number of hydrogen-bond acceptors (Lipinski definition) is 2. The van der Waals surface area contributed by atoms with E-state index in [1.54, 1.807) is 6.20 Å². The molecule has 0 saturated heterocycles. The maximum Gasteiger partial charge on any atom is 0.304 e. The molecule has 0 bridgehead atoms. The molecule has 1 aromatic rings. The molecule has 1 aliphatic rings. The molecule has 1 aromatic heterocycles. The Balaban J connectivity index is 2.29. The summed E-state index contributed by atoms with van der Waals surface area (Å²) >= 11 is 0. The van der Waals surface area contributed by atoms with E-state index >= 15 is 0 Å². The van der Waals surface area contributed by atoms with Crippen LogP contribution in [0.3, 0.4) is 0 Å².